The summed E-state index contributed by atoms with van der Waals surface area (Å²) in [7, 11) is 0. The molecule has 0 bridgehead atoms. The van der Waals surface area contributed by atoms with E-state index >= 15 is 0 Å². The second-order valence-electron chi connectivity index (χ2n) is 8.06. The lowest BCUT2D eigenvalue weighted by Gasteiger charge is -2.37. The smallest absolute Gasteiger partial charge is 0.260 e. The Bertz CT molecular complexity index is 1100. The monoisotopic (exact) mass is 436 g/mol. The normalized spacial score (nSPS) is 20.9. The summed E-state index contributed by atoms with van der Waals surface area (Å²) in [6.45, 7) is 1.87. The molecule has 8 heteroatoms. The highest BCUT2D eigenvalue weighted by Gasteiger charge is 2.33. The fourth-order valence-corrected chi connectivity index (χ4v) is 5.43. The second kappa shape index (κ2) is 8.19. The summed E-state index contributed by atoms with van der Waals surface area (Å²) < 4.78 is 6.89. The van der Waals surface area contributed by atoms with Gasteiger partial charge >= 0.3 is 0 Å². The number of benzene rings is 2. The number of likely N-dealkylation sites (tertiary alicyclic amines) is 1. The third kappa shape index (κ3) is 3.95. The molecule has 0 unspecified atom stereocenters. The number of nitrogens with zero attached hydrogens (tertiary/aromatic N) is 3. The van der Waals surface area contributed by atoms with Gasteiger partial charge in [0.25, 0.3) is 5.91 Å². The molecule has 2 atom stereocenters. The Hall–Kier alpha value is -3.13. The van der Waals surface area contributed by atoms with Crippen LogP contribution in [0.5, 0.6) is 5.75 Å². The number of ether oxygens (including phenoxy) is 1. The number of carbonyl (C=O) groups is 2. The number of aromatic nitrogens is 1. The summed E-state index contributed by atoms with van der Waals surface area (Å²) in [6.07, 6.45) is 1.23. The standard InChI is InChI=1S/C23H24N4O3S/c24-22(29)19-13-27(17-8-2-3-9-18(17)30-19)14-21(28)26-11-5-6-15(12-26)23-25-16-7-1-4-10-20(16)31-23/h1-4,7-10,15,19H,5-6,11-14H2,(H2,24,29)/t15-,19+/m0/s1. The van der Waals surface area contributed by atoms with Gasteiger partial charge in [-0.2, -0.15) is 0 Å². The van der Waals surface area contributed by atoms with Gasteiger partial charge in [0.1, 0.15) is 5.75 Å². The first-order valence-electron chi connectivity index (χ1n) is 10.5. The molecule has 2 aliphatic rings. The van der Waals surface area contributed by atoms with Crippen molar-refractivity contribution in [2.75, 3.05) is 31.1 Å². The van der Waals surface area contributed by atoms with E-state index in [2.05, 4.69) is 6.07 Å². The minimum Gasteiger partial charge on any atom is -0.477 e. The van der Waals surface area contributed by atoms with Crippen molar-refractivity contribution in [2.24, 2.45) is 5.73 Å². The molecule has 7 nitrogen and oxygen atoms in total. The van der Waals surface area contributed by atoms with Crippen LogP contribution in [0.25, 0.3) is 10.2 Å². The first kappa shape index (κ1) is 19.8. The number of fused-ring (bicyclic) bond motifs is 2. The molecule has 1 saturated heterocycles. The van der Waals surface area contributed by atoms with Gasteiger partial charge in [-0.3, -0.25) is 9.59 Å². The van der Waals surface area contributed by atoms with Crippen LogP contribution < -0.4 is 15.4 Å². The molecule has 0 radical (unpaired) electrons. The lowest BCUT2D eigenvalue weighted by molar-refractivity contribution is -0.131. The summed E-state index contributed by atoms with van der Waals surface area (Å²) in [5.41, 5.74) is 7.32. The average Bonchev–Trinajstić information content (AvgIpc) is 3.23. The number of carbonyl (C=O) groups excluding carboxylic acids is 2. The summed E-state index contributed by atoms with van der Waals surface area (Å²) in [5, 5.41) is 1.10. The second-order valence-corrected chi connectivity index (χ2v) is 9.12. The number of hydrogen-bond donors (Lipinski definition) is 1. The van der Waals surface area contributed by atoms with E-state index < -0.39 is 12.0 Å². The van der Waals surface area contributed by atoms with E-state index in [4.69, 9.17) is 15.5 Å². The van der Waals surface area contributed by atoms with Crippen LogP contribution in [0.1, 0.15) is 23.8 Å². The molecule has 160 valence electrons. The van der Waals surface area contributed by atoms with Gasteiger partial charge in [0.2, 0.25) is 5.91 Å². The maximum atomic E-state index is 13.2. The van der Waals surface area contributed by atoms with Crippen molar-refractivity contribution in [3.8, 4) is 5.75 Å². The number of piperidine rings is 1. The van der Waals surface area contributed by atoms with E-state index in [1.807, 2.05) is 46.2 Å². The van der Waals surface area contributed by atoms with Crippen molar-refractivity contribution in [1.82, 2.24) is 9.88 Å². The third-order valence-electron chi connectivity index (χ3n) is 5.94. The SMILES string of the molecule is NC(=O)[C@H]1CN(CC(=O)N2CCC[C@H](c3nc4ccccc4s3)C2)c2ccccc2O1. The molecule has 2 aliphatic heterocycles. The van der Waals surface area contributed by atoms with Crippen LogP contribution >= 0.6 is 11.3 Å². The van der Waals surface area contributed by atoms with Crippen LogP contribution in [0.2, 0.25) is 0 Å². The Balaban J connectivity index is 1.31. The van der Waals surface area contributed by atoms with Crippen molar-refractivity contribution in [1.29, 1.82) is 0 Å². The topological polar surface area (TPSA) is 88.8 Å². The summed E-state index contributed by atoms with van der Waals surface area (Å²) in [5.74, 6) is 0.355. The van der Waals surface area contributed by atoms with Gasteiger partial charge in [-0.25, -0.2) is 4.98 Å². The van der Waals surface area contributed by atoms with Crippen molar-refractivity contribution < 1.29 is 14.3 Å². The molecule has 5 rings (SSSR count). The van der Waals surface area contributed by atoms with E-state index in [9.17, 15) is 9.59 Å². The molecule has 31 heavy (non-hydrogen) atoms. The average molecular weight is 437 g/mol. The molecule has 1 aromatic heterocycles. The number of primary amides is 1. The fraction of sp³-hybridized carbons (Fsp3) is 0.348. The number of anilines is 1. The molecular formula is C23H24N4O3S. The largest absolute Gasteiger partial charge is 0.477 e. The van der Waals surface area contributed by atoms with Gasteiger partial charge in [0.05, 0.1) is 34.0 Å². The summed E-state index contributed by atoms with van der Waals surface area (Å²) >= 11 is 1.72. The van der Waals surface area contributed by atoms with Crippen molar-refractivity contribution in [3.63, 3.8) is 0 Å². The highest BCUT2D eigenvalue weighted by atomic mass is 32.1. The minimum absolute atomic E-state index is 0.0470. The van der Waals surface area contributed by atoms with E-state index in [-0.39, 0.29) is 24.9 Å². The Morgan fingerprint density at radius 2 is 1.94 bits per heavy atom. The van der Waals surface area contributed by atoms with Crippen LogP contribution in [-0.2, 0) is 9.59 Å². The van der Waals surface area contributed by atoms with Gasteiger partial charge in [-0.15, -0.1) is 11.3 Å². The molecule has 2 N–H and O–H groups in total. The number of amides is 2. The number of rotatable bonds is 4. The highest BCUT2D eigenvalue weighted by Crippen LogP contribution is 2.35. The summed E-state index contributed by atoms with van der Waals surface area (Å²) in [6, 6.07) is 15.6. The number of hydrogen-bond acceptors (Lipinski definition) is 6. The number of thiazole rings is 1. The van der Waals surface area contributed by atoms with Crippen molar-refractivity contribution >= 4 is 39.1 Å². The van der Waals surface area contributed by atoms with Crippen molar-refractivity contribution in [3.05, 3.63) is 53.5 Å². The fourth-order valence-electron chi connectivity index (χ4n) is 4.34. The number of nitrogens with two attached hydrogens (primary N) is 1. The van der Waals surface area contributed by atoms with Gasteiger partial charge < -0.3 is 20.3 Å². The zero-order valence-electron chi connectivity index (χ0n) is 17.1. The van der Waals surface area contributed by atoms with Gasteiger partial charge in [-0.05, 0) is 37.1 Å². The van der Waals surface area contributed by atoms with Crippen molar-refractivity contribution in [2.45, 2.75) is 24.9 Å². The molecule has 0 spiro atoms. The quantitative estimate of drug-likeness (QED) is 0.679. The zero-order valence-corrected chi connectivity index (χ0v) is 17.9. The zero-order chi connectivity index (χ0) is 21.4. The van der Waals surface area contributed by atoms with Gasteiger partial charge in [0.15, 0.2) is 6.10 Å². The molecule has 0 saturated carbocycles. The molecule has 2 amide bonds. The maximum absolute atomic E-state index is 13.2. The molecule has 2 aromatic carbocycles. The molecule has 0 aliphatic carbocycles. The molecule has 1 fully saturated rings. The Morgan fingerprint density at radius 3 is 2.77 bits per heavy atom. The predicted molar refractivity (Wildman–Crippen MR) is 120 cm³/mol. The van der Waals surface area contributed by atoms with E-state index in [0.29, 0.717) is 12.3 Å². The van der Waals surface area contributed by atoms with Crippen LogP contribution in [0.4, 0.5) is 5.69 Å². The van der Waals surface area contributed by atoms with Crippen LogP contribution in [-0.4, -0.2) is 54.0 Å². The van der Waals surface area contributed by atoms with Gasteiger partial charge in [0, 0.05) is 19.0 Å². The van der Waals surface area contributed by atoms with Crippen LogP contribution in [0.3, 0.4) is 0 Å². The molecule has 3 heterocycles. The molecule has 3 aromatic rings. The lowest BCUT2D eigenvalue weighted by atomic mass is 9.98. The van der Waals surface area contributed by atoms with Crippen LogP contribution in [0.15, 0.2) is 48.5 Å². The van der Waals surface area contributed by atoms with Crippen LogP contribution in [0, 0.1) is 0 Å². The lowest BCUT2D eigenvalue weighted by Crippen LogP contribution is -2.51. The van der Waals surface area contributed by atoms with E-state index in [0.717, 1.165) is 35.6 Å². The van der Waals surface area contributed by atoms with Gasteiger partial charge in [-0.1, -0.05) is 24.3 Å². The highest BCUT2D eigenvalue weighted by molar-refractivity contribution is 7.18. The van der Waals surface area contributed by atoms with E-state index in [1.165, 1.54) is 4.70 Å². The third-order valence-corrected chi connectivity index (χ3v) is 7.14. The Labute approximate surface area is 184 Å². The molecular weight excluding hydrogens is 412 g/mol. The summed E-state index contributed by atoms with van der Waals surface area (Å²) in [4.78, 5) is 33.6. The predicted octanol–water partition coefficient (Wildman–Crippen LogP) is 2.76. The first-order valence-corrected chi connectivity index (χ1v) is 11.3. The Kier molecular flexibility index (Phi) is 5.23. The van der Waals surface area contributed by atoms with E-state index in [1.54, 1.807) is 17.4 Å². The Morgan fingerprint density at radius 1 is 1.13 bits per heavy atom. The number of para-hydroxylation sites is 3. The maximum Gasteiger partial charge on any atom is 0.260 e. The minimum atomic E-state index is -0.764. The first-order chi connectivity index (χ1) is 15.1.